The molecule has 1 aliphatic carbocycles. The maximum absolute atomic E-state index is 11.8. The van der Waals surface area contributed by atoms with Crippen LogP contribution in [0.3, 0.4) is 0 Å². The molecule has 4 heteroatoms. The van der Waals surface area contributed by atoms with Gasteiger partial charge in [-0.15, -0.1) is 0 Å². The van der Waals surface area contributed by atoms with Gasteiger partial charge in [-0.2, -0.15) is 4.79 Å². The summed E-state index contributed by atoms with van der Waals surface area (Å²) in [5, 5.41) is 9.70. The van der Waals surface area contributed by atoms with E-state index in [0.29, 0.717) is 0 Å². The molecule has 1 unspecified atom stereocenters. The van der Waals surface area contributed by atoms with E-state index in [-0.39, 0.29) is 10.0 Å². The van der Waals surface area contributed by atoms with Crippen LogP contribution in [-0.4, -0.2) is 58.3 Å². The Kier molecular flexibility index (Phi) is 3.70. The minimum absolute atomic E-state index is 0.218. The lowest BCUT2D eigenvalue weighted by Crippen LogP contribution is -2.64. The van der Waals surface area contributed by atoms with Crippen LogP contribution in [0.1, 0.15) is 46.5 Å². The van der Waals surface area contributed by atoms with E-state index in [1.54, 1.807) is 0 Å². The summed E-state index contributed by atoms with van der Waals surface area (Å²) in [6.07, 6.45) is 4.31. The third kappa shape index (κ3) is 2.28. The van der Waals surface area contributed by atoms with Crippen molar-refractivity contribution in [1.82, 2.24) is 4.90 Å². The Morgan fingerprint density at radius 2 is 1.83 bits per heavy atom. The average molecular weight is 255 g/mol. The van der Waals surface area contributed by atoms with Gasteiger partial charge in [-0.3, -0.25) is 4.90 Å². The van der Waals surface area contributed by atoms with Gasteiger partial charge in [-0.05, 0) is 33.6 Å². The van der Waals surface area contributed by atoms with Crippen molar-refractivity contribution < 1.29 is 14.4 Å². The van der Waals surface area contributed by atoms with Crippen LogP contribution in [0.25, 0.3) is 0 Å². The fraction of sp³-hybridized carbons (Fsp3) is 0.929. The van der Waals surface area contributed by atoms with E-state index >= 15 is 0 Å². The van der Waals surface area contributed by atoms with Crippen molar-refractivity contribution in [3.63, 3.8) is 0 Å². The number of carboxylic acid groups (broad SMARTS) is 1. The number of rotatable bonds is 1. The first kappa shape index (κ1) is 13.8. The third-order valence-corrected chi connectivity index (χ3v) is 5.00. The van der Waals surface area contributed by atoms with Gasteiger partial charge in [0.1, 0.15) is 12.1 Å². The third-order valence-electron chi connectivity index (χ3n) is 5.00. The van der Waals surface area contributed by atoms with Gasteiger partial charge in [0.2, 0.25) is 0 Å². The number of carbonyl (C=O) groups is 1. The van der Waals surface area contributed by atoms with Gasteiger partial charge in [-0.1, -0.05) is 6.42 Å². The maximum atomic E-state index is 11.8. The Morgan fingerprint density at radius 3 is 2.28 bits per heavy atom. The van der Waals surface area contributed by atoms with Crippen molar-refractivity contribution in [3.05, 3.63) is 0 Å². The van der Waals surface area contributed by atoms with Crippen LogP contribution in [0.5, 0.6) is 0 Å². The lowest BCUT2D eigenvalue weighted by atomic mass is 9.91. The van der Waals surface area contributed by atoms with Gasteiger partial charge in [0.25, 0.3) is 0 Å². The molecule has 1 N–H and O–H groups in total. The molecule has 104 valence electrons. The smallest absolute Gasteiger partial charge is 0.435 e. The summed E-state index contributed by atoms with van der Waals surface area (Å²) in [7, 11) is 0. The molecule has 1 saturated heterocycles. The molecule has 1 amide bonds. The average Bonchev–Trinajstić information content (AvgIpc) is 2.37. The summed E-state index contributed by atoms with van der Waals surface area (Å²) < 4.78 is 0.218. The van der Waals surface area contributed by atoms with Gasteiger partial charge >= 0.3 is 6.09 Å². The molecule has 1 heterocycles. The highest BCUT2D eigenvalue weighted by Crippen LogP contribution is 2.31. The summed E-state index contributed by atoms with van der Waals surface area (Å²) in [5.74, 6) is 0. The molecule has 0 aromatic carbocycles. The van der Waals surface area contributed by atoms with Crippen molar-refractivity contribution in [2.75, 3.05) is 26.2 Å². The molecule has 0 bridgehead atoms. The van der Waals surface area contributed by atoms with Crippen molar-refractivity contribution >= 4 is 6.09 Å². The maximum Gasteiger partial charge on any atom is 0.514 e. The highest BCUT2D eigenvalue weighted by Gasteiger charge is 2.48. The van der Waals surface area contributed by atoms with Gasteiger partial charge in [0.05, 0.1) is 6.54 Å². The Morgan fingerprint density at radius 1 is 1.17 bits per heavy atom. The Labute approximate surface area is 110 Å². The summed E-state index contributed by atoms with van der Waals surface area (Å²) in [5.41, 5.74) is -0.221. The van der Waals surface area contributed by atoms with E-state index in [1.165, 1.54) is 19.3 Å². The lowest BCUT2D eigenvalue weighted by molar-refractivity contribution is -0.901. The predicted molar refractivity (Wildman–Crippen MR) is 71.6 cm³/mol. The molecular formula is C14H27N2O2+. The van der Waals surface area contributed by atoms with E-state index in [0.717, 1.165) is 38.6 Å². The second-order valence-corrected chi connectivity index (χ2v) is 6.84. The molecule has 1 atom stereocenters. The number of amides is 1. The van der Waals surface area contributed by atoms with Crippen LogP contribution < -0.4 is 0 Å². The van der Waals surface area contributed by atoms with E-state index in [4.69, 9.17) is 0 Å². The van der Waals surface area contributed by atoms with Gasteiger partial charge in [-0.25, -0.2) is 4.48 Å². The van der Waals surface area contributed by atoms with Crippen LogP contribution in [0, 0.1) is 0 Å². The van der Waals surface area contributed by atoms with Gasteiger partial charge < -0.3 is 5.11 Å². The quantitative estimate of drug-likeness (QED) is 0.732. The van der Waals surface area contributed by atoms with E-state index in [2.05, 4.69) is 25.7 Å². The summed E-state index contributed by atoms with van der Waals surface area (Å²) in [4.78, 5) is 14.3. The molecule has 1 aliphatic heterocycles. The van der Waals surface area contributed by atoms with Crippen molar-refractivity contribution in [3.8, 4) is 0 Å². The standard InChI is InChI=1S/C14H26N2O2/c1-14(2,3)16(13(17)18)10-5-8-15(9-11-16)12-6-4-7-12/h12H,4-11H2,1-3H3/p+1. The fourth-order valence-corrected chi connectivity index (χ4v) is 3.33. The molecule has 0 aromatic rings. The molecule has 1 saturated carbocycles. The molecular weight excluding hydrogens is 228 g/mol. The normalized spacial score (nSPS) is 31.7. The molecule has 2 aliphatic rings. The monoisotopic (exact) mass is 255 g/mol. The molecule has 0 aromatic heterocycles. The molecule has 2 rings (SSSR count). The van der Waals surface area contributed by atoms with Crippen LogP contribution in [0.4, 0.5) is 4.79 Å². The number of nitrogens with zero attached hydrogens (tertiary/aromatic N) is 2. The Balaban J connectivity index is 2.11. The zero-order chi connectivity index (χ0) is 13.4. The fourth-order valence-electron chi connectivity index (χ4n) is 3.33. The van der Waals surface area contributed by atoms with Crippen LogP contribution in [0.2, 0.25) is 0 Å². The number of hydrogen-bond acceptors (Lipinski definition) is 2. The second kappa shape index (κ2) is 4.82. The molecule has 0 spiro atoms. The van der Waals surface area contributed by atoms with E-state index in [9.17, 15) is 9.90 Å². The largest absolute Gasteiger partial charge is 0.514 e. The van der Waals surface area contributed by atoms with Crippen LogP contribution in [-0.2, 0) is 0 Å². The summed E-state index contributed by atoms with van der Waals surface area (Å²) in [6.45, 7) is 9.69. The minimum atomic E-state index is -0.655. The highest BCUT2D eigenvalue weighted by atomic mass is 16.4. The zero-order valence-electron chi connectivity index (χ0n) is 12.0. The van der Waals surface area contributed by atoms with Crippen LogP contribution >= 0.6 is 0 Å². The zero-order valence-corrected chi connectivity index (χ0v) is 12.0. The second-order valence-electron chi connectivity index (χ2n) is 6.84. The molecule has 18 heavy (non-hydrogen) atoms. The van der Waals surface area contributed by atoms with Gasteiger partial charge in [0, 0.05) is 25.6 Å². The summed E-state index contributed by atoms with van der Waals surface area (Å²) in [6, 6.07) is 0.735. The van der Waals surface area contributed by atoms with Crippen molar-refractivity contribution in [1.29, 1.82) is 0 Å². The highest BCUT2D eigenvalue weighted by molar-refractivity contribution is 5.57. The van der Waals surface area contributed by atoms with E-state index in [1.807, 2.05) is 0 Å². The molecule has 2 fully saturated rings. The van der Waals surface area contributed by atoms with Crippen molar-refractivity contribution in [2.24, 2.45) is 0 Å². The minimum Gasteiger partial charge on any atom is -0.435 e. The van der Waals surface area contributed by atoms with E-state index < -0.39 is 6.09 Å². The topological polar surface area (TPSA) is 40.5 Å². The number of quaternary nitrogens is 1. The van der Waals surface area contributed by atoms with Gasteiger partial charge in [0.15, 0.2) is 0 Å². The first-order valence-corrected chi connectivity index (χ1v) is 7.21. The first-order chi connectivity index (χ1) is 8.37. The molecule has 4 nitrogen and oxygen atoms in total. The Bertz CT molecular complexity index is 320. The lowest BCUT2D eigenvalue weighted by Gasteiger charge is -2.43. The van der Waals surface area contributed by atoms with Crippen molar-refractivity contribution in [2.45, 2.75) is 58.0 Å². The molecule has 0 radical (unpaired) electrons. The number of hydrogen-bond donors (Lipinski definition) is 1. The SMILES string of the molecule is CC(C)(C)[N+]1(C(=O)O)CCCN(C2CCC2)CC1. The van der Waals surface area contributed by atoms with Crippen LogP contribution in [0.15, 0.2) is 0 Å². The Hall–Kier alpha value is -0.610. The summed E-state index contributed by atoms with van der Waals surface area (Å²) >= 11 is 0. The predicted octanol–water partition coefficient (Wildman–Crippen LogP) is 2.54. The first-order valence-electron chi connectivity index (χ1n) is 7.21.